The molecule has 3 N–H and O–H groups in total. The van der Waals surface area contributed by atoms with E-state index in [1.807, 2.05) is 25.1 Å². The van der Waals surface area contributed by atoms with Gasteiger partial charge in [0.15, 0.2) is 0 Å². The molecule has 32 heavy (non-hydrogen) atoms. The van der Waals surface area contributed by atoms with Crippen molar-refractivity contribution in [3.8, 4) is 5.75 Å². The number of hydrogen-bond acceptors (Lipinski definition) is 9. The minimum absolute atomic E-state index is 0.0478. The van der Waals surface area contributed by atoms with Crippen molar-refractivity contribution >= 4 is 20.3 Å². The Labute approximate surface area is 188 Å². The monoisotopic (exact) mass is 464 g/mol. The predicted molar refractivity (Wildman–Crippen MR) is 120 cm³/mol. The third kappa shape index (κ3) is 7.00. The van der Waals surface area contributed by atoms with E-state index in [0.29, 0.717) is 12.2 Å². The lowest BCUT2D eigenvalue weighted by atomic mass is 10.1. The van der Waals surface area contributed by atoms with E-state index in [4.69, 9.17) is 24.3 Å². The van der Waals surface area contributed by atoms with Gasteiger partial charge in [-0.1, -0.05) is 25.1 Å². The Morgan fingerprint density at radius 3 is 2.78 bits per heavy atom. The highest BCUT2D eigenvalue weighted by Crippen LogP contribution is 2.38. The molecule has 1 aromatic carbocycles. The van der Waals surface area contributed by atoms with Gasteiger partial charge in [-0.2, -0.15) is 4.98 Å². The molecule has 1 aliphatic rings. The second kappa shape index (κ2) is 11.4. The van der Waals surface area contributed by atoms with Gasteiger partial charge in [0.1, 0.15) is 24.3 Å². The van der Waals surface area contributed by atoms with Crippen LogP contribution in [0, 0.1) is 5.92 Å². The van der Waals surface area contributed by atoms with Gasteiger partial charge < -0.3 is 24.3 Å². The van der Waals surface area contributed by atoms with Crippen molar-refractivity contribution in [2.24, 2.45) is 5.92 Å². The number of esters is 1. The third-order valence-electron chi connectivity index (χ3n) is 4.61. The number of benzene rings is 1. The van der Waals surface area contributed by atoms with Crippen LogP contribution in [0.1, 0.15) is 33.4 Å². The number of aromatic nitrogens is 2. The maximum absolute atomic E-state index is 12.2. The lowest BCUT2D eigenvalue weighted by Gasteiger charge is -2.21. The molecule has 2 aromatic rings. The average Bonchev–Trinajstić information content (AvgIpc) is 3.10. The largest absolute Gasteiger partial charge is 0.462 e. The molecule has 0 amide bonds. The summed E-state index contributed by atoms with van der Waals surface area (Å²) in [5.74, 6) is 0.458. The summed E-state index contributed by atoms with van der Waals surface area (Å²) in [4.78, 5) is 27.8. The fourth-order valence-corrected chi connectivity index (χ4v) is 4.33. The van der Waals surface area contributed by atoms with Crippen LogP contribution in [0.15, 0.2) is 47.4 Å². The SMILES string of the molecule is CC(C)OC(=O)CNP(OCC1CC(C)C(n2ccc(N)nc2=O)O1)Oc1ccccc1. The van der Waals surface area contributed by atoms with Gasteiger partial charge >= 0.3 is 20.2 Å². The standard InChI is InChI=1S/C21H29N4O6P/c1-14(2)29-19(26)12-23-32(31-16-7-5-4-6-8-16)28-13-17-11-15(3)20(30-17)25-10-9-18(22)24-21(25)27/h4-10,14-15,17,20,23H,11-13H2,1-3H3,(H2,22,24,27). The van der Waals surface area contributed by atoms with Crippen LogP contribution in [0.2, 0.25) is 0 Å². The zero-order valence-corrected chi connectivity index (χ0v) is 19.2. The summed E-state index contributed by atoms with van der Waals surface area (Å²) in [5.41, 5.74) is 5.12. The number of carbonyl (C=O) groups is 1. The molecule has 174 valence electrons. The average molecular weight is 464 g/mol. The van der Waals surface area contributed by atoms with Crippen molar-refractivity contribution in [3.05, 3.63) is 53.1 Å². The summed E-state index contributed by atoms with van der Waals surface area (Å²) < 4.78 is 24.5. The first-order valence-electron chi connectivity index (χ1n) is 10.4. The van der Waals surface area contributed by atoms with Crippen LogP contribution < -0.4 is 21.0 Å². The lowest BCUT2D eigenvalue weighted by Crippen LogP contribution is -2.30. The topological polar surface area (TPSA) is 127 Å². The summed E-state index contributed by atoms with van der Waals surface area (Å²) in [6.45, 7) is 5.75. The number of rotatable bonds is 10. The summed E-state index contributed by atoms with van der Waals surface area (Å²) in [6.07, 6.45) is 1.35. The van der Waals surface area contributed by atoms with E-state index in [2.05, 4.69) is 10.1 Å². The maximum atomic E-state index is 12.2. The Bertz CT molecular complexity index is 941. The Morgan fingerprint density at radius 2 is 2.09 bits per heavy atom. The molecule has 0 saturated carbocycles. The molecule has 10 nitrogen and oxygen atoms in total. The number of hydrogen-bond donors (Lipinski definition) is 2. The number of nitrogens with two attached hydrogens (primary N) is 1. The first-order valence-corrected chi connectivity index (χ1v) is 11.6. The first kappa shape index (κ1) is 24.1. The highest BCUT2D eigenvalue weighted by atomic mass is 31.2. The van der Waals surface area contributed by atoms with Crippen molar-refractivity contribution < 1.29 is 23.3 Å². The van der Waals surface area contributed by atoms with Crippen LogP contribution in [0.25, 0.3) is 0 Å². The van der Waals surface area contributed by atoms with Gasteiger partial charge in [-0.25, -0.2) is 9.88 Å². The number of para-hydroxylation sites is 1. The number of carbonyl (C=O) groups excluding carboxylic acids is 1. The first-order chi connectivity index (χ1) is 15.3. The molecule has 11 heteroatoms. The zero-order valence-electron chi connectivity index (χ0n) is 18.3. The van der Waals surface area contributed by atoms with Crippen molar-refractivity contribution in [1.29, 1.82) is 0 Å². The molecular formula is C21H29N4O6P. The molecule has 0 radical (unpaired) electrons. The second-order valence-electron chi connectivity index (χ2n) is 7.73. The molecule has 4 unspecified atom stereocenters. The van der Waals surface area contributed by atoms with E-state index in [1.54, 1.807) is 38.2 Å². The number of nitrogens with one attached hydrogen (secondary N) is 1. The molecule has 3 rings (SSSR count). The normalized spacial score (nSPS) is 21.4. The van der Waals surface area contributed by atoms with Crippen molar-refractivity contribution in [3.63, 3.8) is 0 Å². The van der Waals surface area contributed by atoms with Crippen LogP contribution in [0.5, 0.6) is 5.75 Å². The van der Waals surface area contributed by atoms with E-state index in [0.717, 1.165) is 0 Å². The number of anilines is 1. The Kier molecular flexibility index (Phi) is 8.58. The van der Waals surface area contributed by atoms with Crippen LogP contribution >= 0.6 is 8.53 Å². The third-order valence-corrected chi connectivity index (χ3v) is 5.78. The summed E-state index contributed by atoms with van der Waals surface area (Å²) in [7, 11) is -1.63. The van der Waals surface area contributed by atoms with Gasteiger partial charge in [-0.05, 0) is 38.5 Å². The van der Waals surface area contributed by atoms with Crippen LogP contribution in [-0.2, 0) is 18.8 Å². The van der Waals surface area contributed by atoms with Gasteiger partial charge in [0.25, 0.3) is 0 Å². The number of ether oxygens (including phenoxy) is 2. The molecule has 2 heterocycles. The predicted octanol–water partition coefficient (Wildman–Crippen LogP) is 2.61. The van der Waals surface area contributed by atoms with Crippen LogP contribution in [0.3, 0.4) is 0 Å². The highest BCUT2D eigenvalue weighted by molar-refractivity contribution is 7.45. The van der Waals surface area contributed by atoms with Crippen molar-refractivity contribution in [2.75, 3.05) is 18.9 Å². The minimum atomic E-state index is -1.63. The Morgan fingerprint density at radius 1 is 1.34 bits per heavy atom. The van der Waals surface area contributed by atoms with Crippen LogP contribution in [-0.4, -0.2) is 40.9 Å². The minimum Gasteiger partial charge on any atom is -0.462 e. The zero-order chi connectivity index (χ0) is 23.1. The molecule has 1 fully saturated rings. The lowest BCUT2D eigenvalue weighted by molar-refractivity contribution is -0.145. The Hall–Kier alpha value is -2.52. The smallest absolute Gasteiger partial charge is 0.351 e. The molecule has 1 aliphatic heterocycles. The summed E-state index contributed by atoms with van der Waals surface area (Å²) >= 11 is 0. The van der Waals surface area contributed by atoms with E-state index in [-0.39, 0.29) is 37.1 Å². The van der Waals surface area contributed by atoms with Gasteiger partial charge in [-0.3, -0.25) is 9.36 Å². The number of nitrogens with zero attached hydrogens (tertiary/aromatic N) is 2. The van der Waals surface area contributed by atoms with Crippen molar-refractivity contribution in [2.45, 2.75) is 45.6 Å². The highest BCUT2D eigenvalue weighted by Gasteiger charge is 2.35. The van der Waals surface area contributed by atoms with Gasteiger partial charge in [0.05, 0.1) is 18.8 Å². The second-order valence-corrected chi connectivity index (χ2v) is 9.01. The van der Waals surface area contributed by atoms with E-state index >= 15 is 0 Å². The van der Waals surface area contributed by atoms with E-state index in [9.17, 15) is 9.59 Å². The molecule has 4 atom stereocenters. The van der Waals surface area contributed by atoms with Crippen LogP contribution in [0.4, 0.5) is 5.82 Å². The molecule has 1 saturated heterocycles. The molecule has 0 spiro atoms. The number of nitrogen functional groups attached to an aromatic ring is 1. The van der Waals surface area contributed by atoms with Gasteiger partial charge in [0, 0.05) is 12.1 Å². The van der Waals surface area contributed by atoms with Crippen molar-refractivity contribution in [1.82, 2.24) is 14.6 Å². The molecular weight excluding hydrogens is 435 g/mol. The summed E-state index contributed by atoms with van der Waals surface area (Å²) in [5, 5.41) is 2.98. The quantitative estimate of drug-likeness (QED) is 0.403. The maximum Gasteiger partial charge on any atom is 0.351 e. The fourth-order valence-electron chi connectivity index (χ4n) is 3.25. The molecule has 0 bridgehead atoms. The molecule has 0 aliphatic carbocycles. The van der Waals surface area contributed by atoms with Gasteiger partial charge in [0.2, 0.25) is 0 Å². The van der Waals surface area contributed by atoms with Gasteiger partial charge in [-0.15, -0.1) is 0 Å². The molecule has 1 aromatic heterocycles. The summed E-state index contributed by atoms with van der Waals surface area (Å²) in [6, 6.07) is 10.7. The van der Waals surface area contributed by atoms with E-state index in [1.165, 1.54) is 4.57 Å². The Balaban J connectivity index is 1.59. The fraction of sp³-hybridized carbons (Fsp3) is 0.476. The van der Waals surface area contributed by atoms with E-state index < -0.39 is 26.4 Å².